The predicted octanol–water partition coefficient (Wildman–Crippen LogP) is 12.2. The number of hydrogen-bond donors (Lipinski definition) is 0. The van der Waals surface area contributed by atoms with Crippen LogP contribution in [0.1, 0.15) is 22.3 Å². The van der Waals surface area contributed by atoms with Gasteiger partial charge in [0, 0.05) is 31.0 Å². The van der Waals surface area contributed by atoms with Gasteiger partial charge in [-0.05, 0) is 63.4 Å². The van der Waals surface area contributed by atoms with Crippen molar-refractivity contribution >= 4 is 54.2 Å². The minimum Gasteiger partial charge on any atom is -0.226 e. The third-order valence-corrected chi connectivity index (χ3v) is 12.1. The van der Waals surface area contributed by atoms with Crippen molar-refractivity contribution in [2.24, 2.45) is 0 Å². The highest BCUT2D eigenvalue weighted by atomic mass is 32.2. The van der Waals surface area contributed by atoms with Crippen LogP contribution in [-0.4, -0.2) is 9.97 Å². The summed E-state index contributed by atoms with van der Waals surface area (Å²) in [6, 6.07) is 61.4. The second-order valence-electron chi connectivity index (χ2n) is 12.5. The van der Waals surface area contributed by atoms with E-state index in [2.05, 4.69) is 170 Å². The van der Waals surface area contributed by atoms with Gasteiger partial charge < -0.3 is 0 Å². The summed E-state index contributed by atoms with van der Waals surface area (Å²) in [7, 11) is 0. The second-order valence-corrected chi connectivity index (χ2v) is 14.7. The van der Waals surface area contributed by atoms with E-state index in [1.807, 2.05) is 11.8 Å². The molecule has 9 aromatic rings. The van der Waals surface area contributed by atoms with Gasteiger partial charge in [0.05, 0.1) is 21.3 Å². The van der Waals surface area contributed by atoms with Crippen LogP contribution < -0.4 is 0 Å². The molecule has 2 aromatic heterocycles. The quantitative estimate of drug-likeness (QED) is 0.188. The van der Waals surface area contributed by atoms with Gasteiger partial charge >= 0.3 is 0 Å². The van der Waals surface area contributed by atoms with Crippen molar-refractivity contribution < 1.29 is 0 Å². The van der Waals surface area contributed by atoms with Crippen molar-refractivity contribution in [3.63, 3.8) is 0 Å². The number of nitrogens with zero attached hydrogens (tertiary/aromatic N) is 2. The topological polar surface area (TPSA) is 25.8 Å². The molecule has 2 nitrogen and oxygen atoms in total. The molecule has 49 heavy (non-hydrogen) atoms. The van der Waals surface area contributed by atoms with Crippen molar-refractivity contribution in [1.82, 2.24) is 9.97 Å². The van der Waals surface area contributed by atoms with Gasteiger partial charge in [0.2, 0.25) is 0 Å². The Hall–Kier alpha value is -5.55. The maximum Gasteiger partial charge on any atom is 0.160 e. The van der Waals surface area contributed by atoms with Crippen molar-refractivity contribution in [3.8, 4) is 22.6 Å². The summed E-state index contributed by atoms with van der Waals surface area (Å²) in [6.45, 7) is 0. The van der Waals surface area contributed by atoms with Gasteiger partial charge in [-0.3, -0.25) is 0 Å². The molecular weight excluding hydrogens is 633 g/mol. The van der Waals surface area contributed by atoms with Gasteiger partial charge in [-0.25, -0.2) is 9.97 Å². The SMILES string of the molecule is c1ccc(C2(c3ccccc3)c3ccccc3Sc3ccc(-c4nc(-c5ccc6ccccc6c5)c5sc6ccccc6c5n4)cc32)cc1. The fourth-order valence-corrected chi connectivity index (χ4v) is 9.92. The first-order valence-electron chi connectivity index (χ1n) is 16.5. The lowest BCUT2D eigenvalue weighted by Gasteiger charge is -2.42. The Bertz CT molecular complexity index is 2660. The van der Waals surface area contributed by atoms with Gasteiger partial charge in [-0.2, -0.15) is 0 Å². The number of thiophene rings is 1. The average Bonchev–Trinajstić information content (AvgIpc) is 3.55. The number of fused-ring (bicyclic) bond motifs is 6. The van der Waals surface area contributed by atoms with E-state index >= 15 is 0 Å². The third-order valence-electron chi connectivity index (χ3n) is 9.81. The van der Waals surface area contributed by atoms with Crippen molar-refractivity contribution in [2.45, 2.75) is 15.2 Å². The van der Waals surface area contributed by atoms with Gasteiger partial charge in [-0.15, -0.1) is 11.3 Å². The standard InChI is InChI=1S/C45H28N2S2/c1-3-15-33(16-4-1)45(34-17-5-2-6-18-34)36-20-10-12-22-39(36)48-40-26-25-32(28-37(40)45)44-46-41(31-24-23-29-13-7-8-14-30(29)27-31)43-42(47-44)35-19-9-11-21-38(35)49-43/h1-28H. The lowest BCUT2D eigenvalue weighted by molar-refractivity contribution is 0.703. The molecule has 1 aliphatic rings. The number of rotatable bonds is 4. The summed E-state index contributed by atoms with van der Waals surface area (Å²) in [5.74, 6) is 0.737. The van der Waals surface area contributed by atoms with Crippen LogP contribution >= 0.6 is 23.1 Å². The molecule has 0 aliphatic carbocycles. The molecule has 10 rings (SSSR count). The molecule has 7 aromatic carbocycles. The molecule has 0 spiro atoms. The summed E-state index contributed by atoms with van der Waals surface area (Å²) in [5, 5.41) is 3.59. The minimum absolute atomic E-state index is 0.518. The van der Waals surface area contributed by atoms with Crippen molar-refractivity contribution in [3.05, 3.63) is 192 Å². The highest BCUT2D eigenvalue weighted by Crippen LogP contribution is 2.56. The molecule has 0 unspecified atom stereocenters. The maximum atomic E-state index is 5.42. The largest absolute Gasteiger partial charge is 0.226 e. The molecule has 0 saturated carbocycles. The number of aromatic nitrogens is 2. The van der Waals surface area contributed by atoms with Crippen LogP contribution in [0.4, 0.5) is 0 Å². The number of hydrogen-bond acceptors (Lipinski definition) is 4. The first kappa shape index (κ1) is 28.5. The van der Waals surface area contributed by atoms with E-state index in [9.17, 15) is 0 Å². The van der Waals surface area contributed by atoms with Crippen molar-refractivity contribution in [1.29, 1.82) is 0 Å². The van der Waals surface area contributed by atoms with Gasteiger partial charge in [0.25, 0.3) is 0 Å². The van der Waals surface area contributed by atoms with Gasteiger partial charge in [0.1, 0.15) is 0 Å². The van der Waals surface area contributed by atoms with E-state index in [1.165, 1.54) is 52.9 Å². The monoisotopic (exact) mass is 660 g/mol. The highest BCUT2D eigenvalue weighted by molar-refractivity contribution is 7.99. The predicted molar refractivity (Wildman–Crippen MR) is 206 cm³/mol. The van der Waals surface area contributed by atoms with Crippen LogP contribution in [0, 0.1) is 0 Å². The zero-order valence-electron chi connectivity index (χ0n) is 26.4. The zero-order valence-corrected chi connectivity index (χ0v) is 28.0. The van der Waals surface area contributed by atoms with Gasteiger partial charge in [0.15, 0.2) is 5.82 Å². The fraction of sp³-hybridized carbons (Fsp3) is 0.0222. The summed E-state index contributed by atoms with van der Waals surface area (Å²) in [6.07, 6.45) is 0. The maximum absolute atomic E-state index is 5.42. The Morgan fingerprint density at radius 2 is 1.12 bits per heavy atom. The van der Waals surface area contributed by atoms with Crippen LogP contribution in [0.25, 0.3) is 53.7 Å². The van der Waals surface area contributed by atoms with E-state index < -0.39 is 5.41 Å². The van der Waals surface area contributed by atoms with E-state index in [0.717, 1.165) is 32.9 Å². The number of benzene rings is 7. The molecule has 0 fully saturated rings. The Morgan fingerprint density at radius 1 is 0.469 bits per heavy atom. The molecule has 4 heteroatoms. The third kappa shape index (κ3) is 4.41. The molecule has 0 amide bonds. The Kier molecular flexibility index (Phi) is 6.55. The first-order chi connectivity index (χ1) is 24.3. The zero-order chi connectivity index (χ0) is 32.4. The lowest BCUT2D eigenvalue weighted by atomic mass is 9.64. The first-order valence-corrected chi connectivity index (χ1v) is 18.1. The van der Waals surface area contributed by atoms with E-state index in [1.54, 1.807) is 11.3 Å². The molecule has 230 valence electrons. The normalized spacial score (nSPS) is 13.4. The average molecular weight is 661 g/mol. The van der Waals surface area contributed by atoms with E-state index in [4.69, 9.17) is 9.97 Å². The van der Waals surface area contributed by atoms with E-state index in [0.29, 0.717) is 0 Å². The highest BCUT2D eigenvalue weighted by Gasteiger charge is 2.44. The van der Waals surface area contributed by atoms with Crippen LogP contribution in [0.3, 0.4) is 0 Å². The molecule has 1 aliphatic heterocycles. The molecule has 0 bridgehead atoms. The molecule has 3 heterocycles. The van der Waals surface area contributed by atoms with Gasteiger partial charge in [-0.1, -0.05) is 151 Å². The molecule has 0 N–H and O–H groups in total. The molecular formula is C45H28N2S2. The lowest BCUT2D eigenvalue weighted by Crippen LogP contribution is -2.34. The summed E-state index contributed by atoms with van der Waals surface area (Å²) in [5.41, 5.74) is 8.59. The summed E-state index contributed by atoms with van der Waals surface area (Å²) < 4.78 is 2.34. The van der Waals surface area contributed by atoms with Crippen LogP contribution in [0.2, 0.25) is 0 Å². The minimum atomic E-state index is -0.518. The van der Waals surface area contributed by atoms with Crippen molar-refractivity contribution in [2.75, 3.05) is 0 Å². The van der Waals surface area contributed by atoms with Crippen LogP contribution in [0.5, 0.6) is 0 Å². The Labute approximate surface area is 292 Å². The molecule has 0 saturated heterocycles. The molecule has 0 atom stereocenters. The van der Waals surface area contributed by atoms with Crippen LogP contribution in [0.15, 0.2) is 180 Å². The molecule has 0 radical (unpaired) electrons. The smallest absolute Gasteiger partial charge is 0.160 e. The van der Waals surface area contributed by atoms with Crippen LogP contribution in [-0.2, 0) is 5.41 Å². The summed E-state index contributed by atoms with van der Waals surface area (Å²) >= 11 is 3.62. The summed E-state index contributed by atoms with van der Waals surface area (Å²) in [4.78, 5) is 13.3. The Balaban J connectivity index is 1.26. The Morgan fingerprint density at radius 3 is 1.94 bits per heavy atom. The van der Waals surface area contributed by atoms with E-state index in [-0.39, 0.29) is 0 Å². The second kappa shape index (κ2) is 11.3. The fourth-order valence-electron chi connectivity index (χ4n) is 7.60.